The lowest BCUT2D eigenvalue weighted by Crippen LogP contribution is -2.42. The van der Waals surface area contributed by atoms with E-state index in [9.17, 15) is 9.59 Å². The molecule has 1 aliphatic heterocycles. The number of carbonyl (C=O) groups is 2. The molecule has 0 aromatic heterocycles. The highest BCUT2D eigenvalue weighted by Gasteiger charge is 2.26. The zero-order valence-corrected chi connectivity index (χ0v) is 14.4. The van der Waals surface area contributed by atoms with Gasteiger partial charge in [-0.15, -0.1) is 0 Å². The van der Waals surface area contributed by atoms with E-state index in [4.69, 9.17) is 4.74 Å². The van der Waals surface area contributed by atoms with Gasteiger partial charge >= 0.3 is 5.97 Å². The van der Waals surface area contributed by atoms with Crippen molar-refractivity contribution in [1.82, 2.24) is 10.6 Å². The van der Waals surface area contributed by atoms with Gasteiger partial charge in [-0.3, -0.25) is 4.79 Å². The highest BCUT2D eigenvalue weighted by Crippen LogP contribution is 2.24. The molecule has 0 spiro atoms. The van der Waals surface area contributed by atoms with E-state index in [1.165, 1.54) is 12.7 Å². The molecule has 0 bridgehead atoms. The number of hydrogen-bond donors (Lipinski definition) is 2. The second-order valence-electron chi connectivity index (χ2n) is 6.18. The Kier molecular flexibility index (Phi) is 5.14. The SMILES string of the molecule is COC(=O)c1ccc([C@H](C)NC(=O)C2NCCc3ccccc32)cc1. The second-order valence-corrected chi connectivity index (χ2v) is 6.18. The number of nitrogens with one attached hydrogen (secondary N) is 2. The summed E-state index contributed by atoms with van der Waals surface area (Å²) in [5.41, 5.74) is 3.69. The first-order chi connectivity index (χ1) is 12.1. The van der Waals surface area contributed by atoms with Gasteiger partial charge in [0.2, 0.25) is 5.91 Å². The van der Waals surface area contributed by atoms with Crippen LogP contribution in [0.1, 0.15) is 46.1 Å². The van der Waals surface area contributed by atoms with Crippen molar-refractivity contribution < 1.29 is 14.3 Å². The van der Waals surface area contributed by atoms with E-state index in [0.717, 1.165) is 24.1 Å². The molecule has 2 aromatic carbocycles. The van der Waals surface area contributed by atoms with Crippen LogP contribution in [0.3, 0.4) is 0 Å². The maximum atomic E-state index is 12.7. The van der Waals surface area contributed by atoms with Crippen LogP contribution in [-0.4, -0.2) is 25.5 Å². The van der Waals surface area contributed by atoms with Crippen LogP contribution in [0.4, 0.5) is 0 Å². The van der Waals surface area contributed by atoms with Crippen molar-refractivity contribution in [1.29, 1.82) is 0 Å². The lowest BCUT2D eigenvalue weighted by atomic mass is 9.93. The minimum atomic E-state index is -0.369. The van der Waals surface area contributed by atoms with Crippen molar-refractivity contribution in [3.63, 3.8) is 0 Å². The van der Waals surface area contributed by atoms with Crippen molar-refractivity contribution in [2.24, 2.45) is 0 Å². The predicted molar refractivity (Wildman–Crippen MR) is 95.2 cm³/mol. The molecule has 0 radical (unpaired) electrons. The summed E-state index contributed by atoms with van der Waals surface area (Å²) in [6.07, 6.45) is 0.935. The first-order valence-electron chi connectivity index (χ1n) is 8.40. The van der Waals surface area contributed by atoms with Crippen molar-refractivity contribution >= 4 is 11.9 Å². The van der Waals surface area contributed by atoms with Crippen molar-refractivity contribution in [2.75, 3.05) is 13.7 Å². The Morgan fingerprint density at radius 3 is 2.60 bits per heavy atom. The Bertz CT molecular complexity index is 771. The average Bonchev–Trinajstić information content (AvgIpc) is 2.66. The van der Waals surface area contributed by atoms with Crippen LogP contribution in [0.2, 0.25) is 0 Å². The van der Waals surface area contributed by atoms with Crippen molar-refractivity contribution in [2.45, 2.75) is 25.4 Å². The highest BCUT2D eigenvalue weighted by atomic mass is 16.5. The summed E-state index contributed by atoms with van der Waals surface area (Å²) < 4.78 is 4.70. The Labute approximate surface area is 147 Å². The fourth-order valence-corrected chi connectivity index (χ4v) is 3.14. The summed E-state index contributed by atoms with van der Waals surface area (Å²) in [6, 6.07) is 14.6. The Morgan fingerprint density at radius 1 is 1.16 bits per heavy atom. The normalized spacial score (nSPS) is 17.3. The molecule has 1 heterocycles. The van der Waals surface area contributed by atoms with Crippen LogP contribution in [0.25, 0.3) is 0 Å². The number of hydrogen-bond acceptors (Lipinski definition) is 4. The first-order valence-corrected chi connectivity index (χ1v) is 8.40. The van der Waals surface area contributed by atoms with E-state index in [2.05, 4.69) is 16.7 Å². The molecule has 5 nitrogen and oxygen atoms in total. The van der Waals surface area contributed by atoms with E-state index in [-0.39, 0.29) is 24.0 Å². The molecular weight excluding hydrogens is 316 g/mol. The smallest absolute Gasteiger partial charge is 0.337 e. The van der Waals surface area contributed by atoms with Crippen LogP contribution in [0.5, 0.6) is 0 Å². The van der Waals surface area contributed by atoms with Gasteiger partial charge in [0, 0.05) is 6.54 Å². The Morgan fingerprint density at radius 2 is 1.88 bits per heavy atom. The largest absolute Gasteiger partial charge is 0.465 e. The number of amides is 1. The molecule has 3 rings (SSSR count). The predicted octanol–water partition coefficient (Wildman–Crippen LogP) is 2.54. The molecular formula is C20H22N2O3. The molecule has 1 aliphatic rings. The molecule has 0 saturated carbocycles. The van der Waals surface area contributed by atoms with E-state index in [1.54, 1.807) is 12.1 Å². The number of esters is 1. The number of carbonyl (C=O) groups excluding carboxylic acids is 2. The quantitative estimate of drug-likeness (QED) is 0.841. The minimum Gasteiger partial charge on any atom is -0.465 e. The van der Waals surface area contributed by atoms with E-state index < -0.39 is 0 Å². The fourth-order valence-electron chi connectivity index (χ4n) is 3.14. The Balaban J connectivity index is 1.70. The third kappa shape index (κ3) is 3.72. The van der Waals surface area contributed by atoms with Gasteiger partial charge in [0.25, 0.3) is 0 Å². The lowest BCUT2D eigenvalue weighted by Gasteiger charge is -2.27. The molecule has 1 unspecified atom stereocenters. The van der Waals surface area contributed by atoms with E-state index in [0.29, 0.717) is 5.56 Å². The molecule has 5 heteroatoms. The summed E-state index contributed by atoms with van der Waals surface area (Å²) >= 11 is 0. The number of benzene rings is 2. The maximum absolute atomic E-state index is 12.7. The van der Waals surface area contributed by atoms with E-state index >= 15 is 0 Å². The van der Waals surface area contributed by atoms with Gasteiger partial charge in [0.05, 0.1) is 18.7 Å². The van der Waals surface area contributed by atoms with Crippen molar-refractivity contribution in [3.05, 3.63) is 70.8 Å². The second kappa shape index (κ2) is 7.49. The van der Waals surface area contributed by atoms with Crippen molar-refractivity contribution in [3.8, 4) is 0 Å². The number of methoxy groups -OCH3 is 1. The molecule has 1 amide bonds. The fraction of sp³-hybridized carbons (Fsp3) is 0.300. The first kappa shape index (κ1) is 17.2. The van der Waals surface area contributed by atoms with Gasteiger partial charge in [-0.1, -0.05) is 36.4 Å². The van der Waals surface area contributed by atoms with Gasteiger partial charge in [-0.2, -0.15) is 0 Å². The van der Waals surface area contributed by atoms with Gasteiger partial charge in [-0.05, 0) is 42.2 Å². The topological polar surface area (TPSA) is 67.4 Å². The highest BCUT2D eigenvalue weighted by molar-refractivity contribution is 5.89. The monoisotopic (exact) mass is 338 g/mol. The zero-order chi connectivity index (χ0) is 17.8. The Hall–Kier alpha value is -2.66. The number of ether oxygens (including phenoxy) is 1. The lowest BCUT2D eigenvalue weighted by molar-refractivity contribution is -0.124. The number of rotatable bonds is 4. The third-order valence-corrected chi connectivity index (χ3v) is 4.56. The summed E-state index contributed by atoms with van der Waals surface area (Å²) in [5, 5.41) is 6.34. The van der Waals surface area contributed by atoms with Crippen LogP contribution in [0.15, 0.2) is 48.5 Å². The number of fused-ring (bicyclic) bond motifs is 1. The molecule has 2 atom stereocenters. The summed E-state index contributed by atoms with van der Waals surface area (Å²) in [5.74, 6) is -0.414. The zero-order valence-electron chi connectivity index (χ0n) is 14.4. The molecule has 130 valence electrons. The van der Waals surface area contributed by atoms with Crippen LogP contribution < -0.4 is 10.6 Å². The summed E-state index contributed by atoms with van der Waals surface area (Å²) in [7, 11) is 1.36. The summed E-state index contributed by atoms with van der Waals surface area (Å²) in [6.45, 7) is 2.72. The molecule has 0 aliphatic carbocycles. The minimum absolute atomic E-state index is 0.0447. The average molecular weight is 338 g/mol. The van der Waals surface area contributed by atoms with Crippen LogP contribution in [-0.2, 0) is 16.0 Å². The maximum Gasteiger partial charge on any atom is 0.337 e. The van der Waals surface area contributed by atoms with E-state index in [1.807, 2.05) is 37.3 Å². The van der Waals surface area contributed by atoms with Gasteiger partial charge in [0.1, 0.15) is 6.04 Å². The van der Waals surface area contributed by atoms with Gasteiger partial charge < -0.3 is 15.4 Å². The molecule has 0 fully saturated rings. The molecule has 2 aromatic rings. The standard InChI is InChI=1S/C20H22N2O3/c1-13(14-7-9-16(10-8-14)20(24)25-2)22-19(23)18-17-6-4-3-5-15(17)11-12-21-18/h3-10,13,18,21H,11-12H2,1-2H3,(H,22,23)/t13-,18?/m0/s1. The molecule has 25 heavy (non-hydrogen) atoms. The molecule has 0 saturated heterocycles. The third-order valence-electron chi connectivity index (χ3n) is 4.56. The van der Waals surface area contributed by atoms with Gasteiger partial charge in [0.15, 0.2) is 0 Å². The summed E-state index contributed by atoms with van der Waals surface area (Å²) in [4.78, 5) is 24.2. The van der Waals surface area contributed by atoms with Gasteiger partial charge in [-0.25, -0.2) is 4.79 Å². The van der Waals surface area contributed by atoms with Crippen LogP contribution in [0, 0.1) is 0 Å². The van der Waals surface area contributed by atoms with Crippen LogP contribution >= 0.6 is 0 Å². The molecule has 2 N–H and O–H groups in total.